The van der Waals surface area contributed by atoms with Gasteiger partial charge in [0.25, 0.3) is 11.1 Å². The zero-order valence-corrected chi connectivity index (χ0v) is 21.9. The quantitative estimate of drug-likeness (QED) is 0.207. The molecular weight excluding hydrogens is 625 g/mol. The summed E-state index contributed by atoms with van der Waals surface area (Å²) in [4.78, 5) is 26.8. The van der Waals surface area contributed by atoms with Crippen LogP contribution in [0, 0.1) is 3.57 Å². The van der Waals surface area contributed by atoms with Crippen LogP contribution in [0.25, 0.3) is 6.08 Å². The number of ether oxygens (including phenoxy) is 1. The monoisotopic (exact) mass is 639 g/mol. The zero-order chi connectivity index (χ0) is 22.7. The fourth-order valence-electron chi connectivity index (χ4n) is 3.03. The first-order chi connectivity index (χ1) is 15.4. The van der Waals surface area contributed by atoms with E-state index in [0.717, 1.165) is 42.2 Å². The minimum atomic E-state index is -0.291. The number of amides is 2. The Hall–Kier alpha value is -1.81. The van der Waals surface area contributed by atoms with Gasteiger partial charge < -0.3 is 4.74 Å². The van der Waals surface area contributed by atoms with E-state index < -0.39 is 0 Å². The highest BCUT2D eigenvalue weighted by atomic mass is 127. The molecule has 0 unspecified atom stereocenters. The second kappa shape index (κ2) is 10.4. The molecule has 1 fully saturated rings. The van der Waals surface area contributed by atoms with Crippen molar-refractivity contribution in [3.8, 4) is 5.75 Å². The molecule has 0 aromatic heterocycles. The molecule has 162 valence electrons. The van der Waals surface area contributed by atoms with Gasteiger partial charge in [0.05, 0.1) is 15.0 Å². The highest BCUT2D eigenvalue weighted by Gasteiger charge is 2.35. The topological polar surface area (TPSA) is 46.6 Å². The molecule has 0 aliphatic carbocycles. The van der Waals surface area contributed by atoms with Gasteiger partial charge in [-0.15, -0.1) is 0 Å². The summed E-state index contributed by atoms with van der Waals surface area (Å²) < 4.78 is 7.88. The van der Waals surface area contributed by atoms with E-state index in [2.05, 4.69) is 38.5 Å². The lowest BCUT2D eigenvalue weighted by Crippen LogP contribution is -2.27. The van der Waals surface area contributed by atoms with Gasteiger partial charge in [-0.25, -0.2) is 0 Å². The first-order valence-electron chi connectivity index (χ1n) is 9.55. The summed E-state index contributed by atoms with van der Waals surface area (Å²) in [5.41, 5.74) is 2.75. The van der Waals surface area contributed by atoms with Crippen molar-refractivity contribution in [1.82, 2.24) is 4.90 Å². The number of carbonyl (C=O) groups is 2. The summed E-state index contributed by atoms with van der Waals surface area (Å²) in [7, 11) is 0. The van der Waals surface area contributed by atoms with Crippen molar-refractivity contribution in [2.45, 2.75) is 13.2 Å². The van der Waals surface area contributed by atoms with Gasteiger partial charge in [0, 0.05) is 9.50 Å². The van der Waals surface area contributed by atoms with Gasteiger partial charge in [0.2, 0.25) is 0 Å². The summed E-state index contributed by atoms with van der Waals surface area (Å²) in [6.07, 6.45) is 1.74. The van der Waals surface area contributed by atoms with Crippen LogP contribution in [0.15, 0.2) is 76.1 Å². The maximum absolute atomic E-state index is 12.8. The van der Waals surface area contributed by atoms with Crippen LogP contribution in [0.1, 0.15) is 16.7 Å². The summed E-state index contributed by atoms with van der Waals surface area (Å²) in [6, 6.07) is 20.8. The minimum absolute atomic E-state index is 0.222. The molecule has 1 heterocycles. The molecular formula is C24H16BrClINO3S. The van der Waals surface area contributed by atoms with E-state index in [1.165, 1.54) is 4.90 Å². The van der Waals surface area contributed by atoms with Crippen LogP contribution in [-0.4, -0.2) is 16.0 Å². The van der Waals surface area contributed by atoms with Gasteiger partial charge in [-0.3, -0.25) is 14.5 Å². The molecule has 1 saturated heterocycles. The Bertz CT molecular complexity index is 1200. The molecule has 4 rings (SSSR count). The summed E-state index contributed by atoms with van der Waals surface area (Å²) in [6.45, 7) is 0.686. The smallest absolute Gasteiger partial charge is 0.293 e. The predicted octanol–water partition coefficient (Wildman–Crippen LogP) is 7.52. The third-order valence-corrected chi connectivity index (χ3v) is 7.22. The molecule has 0 bridgehead atoms. The normalized spacial score (nSPS) is 15.0. The first kappa shape index (κ1) is 23.4. The summed E-state index contributed by atoms with van der Waals surface area (Å²) in [5.74, 6) is 0.474. The standard InChI is InChI=1S/C24H16BrClINO3S/c25-18-6-1-16(2-7-18)14-31-21-10-5-17(11-20(21)27)12-22-23(29)28(24(30)32-22)13-15-3-8-19(26)9-4-15/h1-12H,13-14H2/b22-12-. The zero-order valence-electron chi connectivity index (χ0n) is 16.6. The molecule has 1 aliphatic heterocycles. The lowest BCUT2D eigenvalue weighted by atomic mass is 10.2. The number of benzene rings is 3. The van der Waals surface area contributed by atoms with E-state index >= 15 is 0 Å². The second-order valence-corrected chi connectivity index (χ2v) is 10.5. The van der Waals surface area contributed by atoms with Gasteiger partial charge in [-0.1, -0.05) is 57.9 Å². The SMILES string of the molecule is O=C1S/C(=C\c2ccc(OCc3ccc(Br)cc3)c(I)c2)C(=O)N1Cc1ccc(Cl)cc1. The Morgan fingerprint density at radius 3 is 2.38 bits per heavy atom. The largest absolute Gasteiger partial charge is 0.488 e. The average molecular weight is 641 g/mol. The third-order valence-electron chi connectivity index (χ3n) is 4.69. The molecule has 0 saturated carbocycles. The molecule has 32 heavy (non-hydrogen) atoms. The molecule has 0 atom stereocenters. The van der Waals surface area contributed by atoms with Crippen LogP contribution >= 0.6 is 61.9 Å². The molecule has 3 aromatic carbocycles. The third kappa shape index (κ3) is 5.75. The molecule has 1 aliphatic rings. The Kier molecular flexibility index (Phi) is 7.60. The van der Waals surface area contributed by atoms with Crippen molar-refractivity contribution in [2.75, 3.05) is 0 Å². The first-order valence-corrected chi connectivity index (χ1v) is 12.6. The van der Waals surface area contributed by atoms with Crippen molar-refractivity contribution < 1.29 is 14.3 Å². The van der Waals surface area contributed by atoms with Crippen molar-refractivity contribution in [1.29, 1.82) is 0 Å². The highest BCUT2D eigenvalue weighted by molar-refractivity contribution is 14.1. The number of rotatable bonds is 6. The van der Waals surface area contributed by atoms with Gasteiger partial charge in [-0.05, 0) is 93.5 Å². The number of thioether (sulfide) groups is 1. The van der Waals surface area contributed by atoms with Crippen molar-refractivity contribution >= 4 is 79.1 Å². The Labute approximate surface area is 217 Å². The molecule has 0 radical (unpaired) electrons. The lowest BCUT2D eigenvalue weighted by molar-refractivity contribution is -0.123. The number of hydrogen-bond donors (Lipinski definition) is 0. The lowest BCUT2D eigenvalue weighted by Gasteiger charge is -2.12. The van der Waals surface area contributed by atoms with Gasteiger partial charge in [0.1, 0.15) is 12.4 Å². The van der Waals surface area contributed by atoms with Crippen molar-refractivity contribution in [3.63, 3.8) is 0 Å². The van der Waals surface area contributed by atoms with E-state index in [-0.39, 0.29) is 17.7 Å². The van der Waals surface area contributed by atoms with Gasteiger partial charge in [-0.2, -0.15) is 0 Å². The number of halogens is 3. The van der Waals surface area contributed by atoms with E-state index in [4.69, 9.17) is 16.3 Å². The predicted molar refractivity (Wildman–Crippen MR) is 141 cm³/mol. The van der Waals surface area contributed by atoms with Crippen LogP contribution in [0.2, 0.25) is 5.02 Å². The molecule has 3 aromatic rings. The fourth-order valence-corrected chi connectivity index (χ4v) is 4.95. The number of carbonyl (C=O) groups excluding carboxylic acids is 2. The number of hydrogen-bond acceptors (Lipinski definition) is 4. The molecule has 0 spiro atoms. The summed E-state index contributed by atoms with van der Waals surface area (Å²) in [5, 5.41) is 0.335. The number of imide groups is 1. The van der Waals surface area contributed by atoms with Crippen LogP contribution in [0.5, 0.6) is 5.75 Å². The maximum atomic E-state index is 12.8. The second-order valence-electron chi connectivity index (χ2n) is 7.00. The summed E-state index contributed by atoms with van der Waals surface area (Å²) >= 11 is 12.5. The Morgan fingerprint density at radius 2 is 1.69 bits per heavy atom. The van der Waals surface area contributed by atoms with Crippen molar-refractivity contribution in [3.05, 3.63) is 101 Å². The van der Waals surface area contributed by atoms with Crippen LogP contribution in [0.4, 0.5) is 4.79 Å². The van der Waals surface area contributed by atoms with Crippen LogP contribution in [-0.2, 0) is 17.9 Å². The number of nitrogens with zero attached hydrogens (tertiary/aromatic N) is 1. The van der Waals surface area contributed by atoms with Crippen LogP contribution < -0.4 is 4.74 Å². The Balaban J connectivity index is 1.44. The van der Waals surface area contributed by atoms with Gasteiger partial charge >= 0.3 is 0 Å². The molecule has 0 N–H and O–H groups in total. The molecule has 4 nitrogen and oxygen atoms in total. The van der Waals surface area contributed by atoms with Gasteiger partial charge in [0.15, 0.2) is 0 Å². The van der Waals surface area contributed by atoms with E-state index in [1.807, 2.05) is 54.6 Å². The fraction of sp³-hybridized carbons (Fsp3) is 0.0833. The maximum Gasteiger partial charge on any atom is 0.293 e. The van der Waals surface area contributed by atoms with Crippen molar-refractivity contribution in [2.24, 2.45) is 0 Å². The molecule has 2 amide bonds. The minimum Gasteiger partial charge on any atom is -0.488 e. The van der Waals surface area contributed by atoms with E-state index in [9.17, 15) is 9.59 Å². The molecule has 8 heteroatoms. The average Bonchev–Trinajstić information content (AvgIpc) is 3.03. The Morgan fingerprint density at radius 1 is 1.00 bits per heavy atom. The highest BCUT2D eigenvalue weighted by Crippen LogP contribution is 2.34. The van der Waals surface area contributed by atoms with Crippen LogP contribution in [0.3, 0.4) is 0 Å². The van der Waals surface area contributed by atoms with E-state index in [1.54, 1.807) is 18.2 Å². The van der Waals surface area contributed by atoms with E-state index in [0.29, 0.717) is 16.5 Å².